The summed E-state index contributed by atoms with van der Waals surface area (Å²) in [6.07, 6.45) is 2.04. The molecule has 2 amide bonds. The van der Waals surface area contributed by atoms with Crippen LogP contribution in [0.2, 0.25) is 0 Å². The molecule has 1 saturated heterocycles. The van der Waals surface area contributed by atoms with Gasteiger partial charge in [-0.2, -0.15) is 0 Å². The highest BCUT2D eigenvalue weighted by atomic mass is 16.5. The number of ether oxygens (including phenoxy) is 1. The van der Waals surface area contributed by atoms with E-state index in [1.54, 1.807) is 18.3 Å². The highest BCUT2D eigenvalue weighted by molar-refractivity contribution is 5.98. The van der Waals surface area contributed by atoms with Gasteiger partial charge in [-0.1, -0.05) is 31.2 Å². The van der Waals surface area contributed by atoms with Gasteiger partial charge in [0.1, 0.15) is 5.75 Å². The van der Waals surface area contributed by atoms with Crippen LogP contribution in [0.4, 0.5) is 5.69 Å². The number of carbonyl (C=O) groups excluding carboxylic acids is 2. The van der Waals surface area contributed by atoms with E-state index in [-0.39, 0.29) is 30.2 Å². The van der Waals surface area contributed by atoms with Crippen molar-refractivity contribution in [1.29, 1.82) is 0 Å². The van der Waals surface area contributed by atoms with E-state index >= 15 is 0 Å². The lowest BCUT2D eigenvalue weighted by Gasteiger charge is -2.20. The number of rotatable bonds is 6. The molecule has 1 aliphatic rings. The number of methoxy groups -OCH3 is 1. The summed E-state index contributed by atoms with van der Waals surface area (Å²) < 4.78 is 7.35. The predicted molar refractivity (Wildman–Crippen MR) is 111 cm³/mol. The van der Waals surface area contributed by atoms with Crippen molar-refractivity contribution in [2.75, 3.05) is 18.6 Å². The van der Waals surface area contributed by atoms with Gasteiger partial charge in [0.15, 0.2) is 0 Å². The Morgan fingerprint density at radius 1 is 1.24 bits per heavy atom. The monoisotopic (exact) mass is 392 g/mol. The van der Waals surface area contributed by atoms with Crippen LogP contribution in [0.5, 0.6) is 5.75 Å². The molecule has 0 spiro atoms. The quantitative estimate of drug-likeness (QED) is 0.700. The summed E-state index contributed by atoms with van der Waals surface area (Å²) in [4.78, 5) is 31.3. The fourth-order valence-electron chi connectivity index (χ4n) is 3.77. The van der Waals surface area contributed by atoms with Gasteiger partial charge in [-0.3, -0.25) is 9.59 Å². The molecule has 0 aliphatic carbocycles. The number of aromatic nitrogens is 2. The number of imidazole rings is 1. The van der Waals surface area contributed by atoms with E-state index in [1.807, 2.05) is 60.0 Å². The molecule has 0 unspecified atom stereocenters. The van der Waals surface area contributed by atoms with Crippen molar-refractivity contribution in [2.45, 2.75) is 25.9 Å². The van der Waals surface area contributed by atoms with Crippen molar-refractivity contribution in [3.63, 3.8) is 0 Å². The van der Waals surface area contributed by atoms with Gasteiger partial charge in [0.2, 0.25) is 11.8 Å². The zero-order valence-corrected chi connectivity index (χ0v) is 16.5. The average molecular weight is 392 g/mol. The Hall–Kier alpha value is -3.35. The number of fused-ring (bicyclic) bond motifs is 1. The maximum absolute atomic E-state index is 12.7. The molecule has 2 aromatic carbocycles. The molecule has 7 heteroatoms. The van der Waals surface area contributed by atoms with Crippen molar-refractivity contribution in [2.24, 2.45) is 5.92 Å². The molecule has 0 bridgehead atoms. The van der Waals surface area contributed by atoms with Crippen LogP contribution in [-0.4, -0.2) is 41.1 Å². The first kappa shape index (κ1) is 19.0. The van der Waals surface area contributed by atoms with Crippen LogP contribution in [0.1, 0.15) is 13.3 Å². The van der Waals surface area contributed by atoms with Gasteiger partial charge in [-0.15, -0.1) is 0 Å². The Kier molecular flexibility index (Phi) is 5.20. The number of para-hydroxylation sites is 4. The third-order valence-corrected chi connectivity index (χ3v) is 5.29. The maximum Gasteiger partial charge on any atom is 0.229 e. The zero-order chi connectivity index (χ0) is 20.4. The Morgan fingerprint density at radius 2 is 2.00 bits per heavy atom. The van der Waals surface area contributed by atoms with E-state index in [0.717, 1.165) is 16.7 Å². The number of amides is 2. The first-order valence-electron chi connectivity index (χ1n) is 9.70. The number of benzene rings is 2. The fraction of sp³-hybridized carbons (Fsp3) is 0.318. The van der Waals surface area contributed by atoms with Crippen LogP contribution in [0.3, 0.4) is 0 Å². The Bertz CT molecular complexity index is 1050. The molecule has 3 aromatic rings. The third kappa shape index (κ3) is 3.81. The molecule has 2 atom stereocenters. The second-order valence-corrected chi connectivity index (χ2v) is 7.37. The molecule has 1 N–H and O–H groups in total. The zero-order valence-electron chi connectivity index (χ0n) is 16.5. The van der Waals surface area contributed by atoms with Gasteiger partial charge in [0.25, 0.3) is 0 Å². The molecule has 0 saturated carbocycles. The van der Waals surface area contributed by atoms with E-state index in [0.29, 0.717) is 18.8 Å². The smallest absolute Gasteiger partial charge is 0.229 e. The van der Waals surface area contributed by atoms with Gasteiger partial charge < -0.3 is 19.5 Å². The van der Waals surface area contributed by atoms with Gasteiger partial charge in [0, 0.05) is 19.5 Å². The van der Waals surface area contributed by atoms with Gasteiger partial charge in [-0.05, 0) is 24.3 Å². The molecular weight excluding hydrogens is 368 g/mol. The molecule has 29 heavy (non-hydrogen) atoms. The largest absolute Gasteiger partial charge is 0.495 e. The first-order valence-corrected chi connectivity index (χ1v) is 9.70. The van der Waals surface area contributed by atoms with Crippen LogP contribution >= 0.6 is 0 Å². The summed E-state index contributed by atoms with van der Waals surface area (Å²) >= 11 is 0. The molecule has 7 nitrogen and oxygen atoms in total. The lowest BCUT2D eigenvalue weighted by Crippen LogP contribution is -2.40. The van der Waals surface area contributed by atoms with E-state index < -0.39 is 0 Å². The van der Waals surface area contributed by atoms with Crippen LogP contribution in [0, 0.1) is 5.92 Å². The lowest BCUT2D eigenvalue weighted by molar-refractivity contribution is -0.125. The second-order valence-electron chi connectivity index (χ2n) is 7.37. The second kappa shape index (κ2) is 7.95. The highest BCUT2D eigenvalue weighted by Gasteiger charge is 2.33. The van der Waals surface area contributed by atoms with Crippen molar-refractivity contribution < 1.29 is 14.3 Å². The van der Waals surface area contributed by atoms with Crippen LogP contribution < -0.4 is 15.0 Å². The van der Waals surface area contributed by atoms with Gasteiger partial charge in [-0.25, -0.2) is 4.98 Å². The molecule has 0 radical (unpaired) electrons. The first-order chi connectivity index (χ1) is 14.1. The standard InChI is InChI=1S/C22H24N4O3/c1-15(12-25-14-23-17-7-3-4-8-18(17)25)22(28)24-16-11-21(27)26(13-16)19-9-5-6-10-20(19)29-2/h3-10,14-16H,11-13H2,1-2H3,(H,24,28)/t15-,16-/m0/s1. The summed E-state index contributed by atoms with van der Waals surface area (Å²) in [6, 6.07) is 15.0. The Labute approximate surface area is 169 Å². The number of hydrogen-bond donors (Lipinski definition) is 1. The molecule has 1 aromatic heterocycles. The minimum Gasteiger partial charge on any atom is -0.495 e. The summed E-state index contributed by atoms with van der Waals surface area (Å²) in [5, 5.41) is 3.03. The SMILES string of the molecule is COc1ccccc1N1C[C@@H](NC(=O)[C@@H](C)Cn2cnc3ccccc32)CC1=O. The van der Waals surface area contributed by atoms with Crippen LogP contribution in [-0.2, 0) is 16.1 Å². The summed E-state index contributed by atoms with van der Waals surface area (Å²) in [5.74, 6) is 0.312. The minimum atomic E-state index is -0.247. The molecule has 4 rings (SSSR count). The molecule has 1 aliphatic heterocycles. The normalized spacial score (nSPS) is 17.5. The van der Waals surface area contributed by atoms with E-state index in [2.05, 4.69) is 10.3 Å². The molecule has 150 valence electrons. The fourth-order valence-corrected chi connectivity index (χ4v) is 3.77. The number of nitrogens with one attached hydrogen (secondary N) is 1. The molecule has 1 fully saturated rings. The summed E-state index contributed by atoms with van der Waals surface area (Å²) in [7, 11) is 1.58. The molecule has 2 heterocycles. The molecular formula is C22H24N4O3. The number of carbonyl (C=O) groups is 2. The highest BCUT2D eigenvalue weighted by Crippen LogP contribution is 2.31. The van der Waals surface area contributed by atoms with Crippen molar-refractivity contribution in [3.05, 3.63) is 54.9 Å². The number of hydrogen-bond acceptors (Lipinski definition) is 4. The van der Waals surface area contributed by atoms with Crippen molar-refractivity contribution in [1.82, 2.24) is 14.9 Å². The van der Waals surface area contributed by atoms with Crippen LogP contribution in [0.25, 0.3) is 11.0 Å². The third-order valence-electron chi connectivity index (χ3n) is 5.29. The van der Waals surface area contributed by atoms with Crippen LogP contribution in [0.15, 0.2) is 54.9 Å². The minimum absolute atomic E-state index is 0.0203. The summed E-state index contributed by atoms with van der Waals surface area (Å²) in [6.45, 7) is 2.85. The lowest BCUT2D eigenvalue weighted by atomic mass is 10.1. The van der Waals surface area contributed by atoms with Gasteiger partial charge >= 0.3 is 0 Å². The van der Waals surface area contributed by atoms with E-state index in [9.17, 15) is 9.59 Å². The number of nitrogens with zero attached hydrogens (tertiary/aromatic N) is 3. The average Bonchev–Trinajstić information content (AvgIpc) is 3.31. The predicted octanol–water partition coefficient (Wildman–Crippen LogP) is 2.60. The number of anilines is 1. The topological polar surface area (TPSA) is 76.5 Å². The van der Waals surface area contributed by atoms with E-state index in [1.165, 1.54) is 0 Å². The van der Waals surface area contributed by atoms with Crippen molar-refractivity contribution in [3.8, 4) is 5.75 Å². The maximum atomic E-state index is 12.7. The van der Waals surface area contributed by atoms with Gasteiger partial charge in [0.05, 0.1) is 42.1 Å². The Morgan fingerprint density at radius 3 is 2.83 bits per heavy atom. The van der Waals surface area contributed by atoms with Crippen molar-refractivity contribution >= 4 is 28.5 Å². The Balaban J connectivity index is 1.40. The summed E-state index contributed by atoms with van der Waals surface area (Å²) in [5.41, 5.74) is 2.65. The van der Waals surface area contributed by atoms with E-state index in [4.69, 9.17) is 4.74 Å².